The Morgan fingerprint density at radius 1 is 1.07 bits per heavy atom. The van der Waals surface area contributed by atoms with Crippen LogP contribution in [0.15, 0.2) is 12.7 Å². The van der Waals surface area contributed by atoms with E-state index < -0.39 is 0 Å². The number of hydrogen-bond donors (Lipinski definition) is 1. The fourth-order valence-electron chi connectivity index (χ4n) is 2.69. The molecule has 0 aromatic carbocycles. The lowest BCUT2D eigenvalue weighted by atomic mass is 9.94. The van der Waals surface area contributed by atoms with Crippen molar-refractivity contribution in [3.63, 3.8) is 0 Å². The summed E-state index contributed by atoms with van der Waals surface area (Å²) in [6.45, 7) is 8.91. The molecule has 0 aromatic heterocycles. The molecule has 2 saturated heterocycles. The van der Waals surface area contributed by atoms with Gasteiger partial charge < -0.3 is 10.2 Å². The smallest absolute Gasteiger partial charge is 0.0119 e. The van der Waals surface area contributed by atoms with Gasteiger partial charge in [0.25, 0.3) is 0 Å². The Labute approximate surface area is 87.4 Å². The van der Waals surface area contributed by atoms with E-state index in [1.54, 1.807) is 0 Å². The summed E-state index contributed by atoms with van der Waals surface area (Å²) < 4.78 is 0. The lowest BCUT2D eigenvalue weighted by Gasteiger charge is -2.38. The van der Waals surface area contributed by atoms with Crippen LogP contribution in [0.5, 0.6) is 0 Å². The van der Waals surface area contributed by atoms with Gasteiger partial charge in [-0.3, -0.25) is 0 Å². The first kappa shape index (κ1) is 10.2. The van der Waals surface area contributed by atoms with Crippen LogP contribution in [0, 0.1) is 5.92 Å². The molecule has 0 unspecified atom stereocenters. The Kier molecular flexibility index (Phi) is 3.60. The zero-order valence-corrected chi connectivity index (χ0v) is 9.04. The van der Waals surface area contributed by atoms with E-state index in [0.29, 0.717) is 0 Å². The van der Waals surface area contributed by atoms with Crippen LogP contribution in [0.1, 0.15) is 25.7 Å². The topological polar surface area (TPSA) is 15.3 Å². The maximum Gasteiger partial charge on any atom is 0.0119 e. The van der Waals surface area contributed by atoms with E-state index in [1.165, 1.54) is 51.9 Å². The van der Waals surface area contributed by atoms with Gasteiger partial charge in [-0.05, 0) is 57.8 Å². The summed E-state index contributed by atoms with van der Waals surface area (Å²) in [5.74, 6) is 0.785. The van der Waals surface area contributed by atoms with Gasteiger partial charge in [0.05, 0.1) is 0 Å². The molecule has 14 heavy (non-hydrogen) atoms. The number of piperidine rings is 2. The highest BCUT2D eigenvalue weighted by atomic mass is 15.2. The Hall–Kier alpha value is -0.340. The molecule has 0 aliphatic carbocycles. The molecule has 2 aliphatic rings. The van der Waals surface area contributed by atoms with Crippen molar-refractivity contribution in [2.45, 2.75) is 31.7 Å². The Morgan fingerprint density at radius 2 is 1.71 bits per heavy atom. The molecular weight excluding hydrogens is 172 g/mol. The van der Waals surface area contributed by atoms with E-state index in [0.717, 1.165) is 12.0 Å². The zero-order valence-electron chi connectivity index (χ0n) is 9.04. The van der Waals surface area contributed by atoms with Crippen molar-refractivity contribution in [2.24, 2.45) is 5.92 Å². The number of rotatable bonds is 2. The Balaban J connectivity index is 1.78. The van der Waals surface area contributed by atoms with E-state index in [2.05, 4.69) is 22.9 Å². The summed E-state index contributed by atoms with van der Waals surface area (Å²) in [7, 11) is 0. The van der Waals surface area contributed by atoms with Crippen molar-refractivity contribution in [3.8, 4) is 0 Å². The number of hydrogen-bond acceptors (Lipinski definition) is 2. The molecule has 80 valence electrons. The van der Waals surface area contributed by atoms with E-state index in [4.69, 9.17) is 0 Å². The van der Waals surface area contributed by atoms with Gasteiger partial charge in [0.2, 0.25) is 0 Å². The molecule has 2 rings (SSSR count). The molecule has 1 N–H and O–H groups in total. The van der Waals surface area contributed by atoms with E-state index in [1.807, 2.05) is 0 Å². The largest absolute Gasteiger partial charge is 0.317 e. The number of allylic oxidation sites excluding steroid dienone is 1. The van der Waals surface area contributed by atoms with Gasteiger partial charge >= 0.3 is 0 Å². The number of likely N-dealkylation sites (tertiary alicyclic amines) is 1. The second-order valence-corrected chi connectivity index (χ2v) is 4.59. The minimum atomic E-state index is 0.785. The third-order valence-corrected chi connectivity index (χ3v) is 3.73. The minimum absolute atomic E-state index is 0.785. The number of nitrogens with zero attached hydrogens (tertiary/aromatic N) is 1. The molecule has 2 heteroatoms. The Morgan fingerprint density at radius 3 is 2.29 bits per heavy atom. The predicted octanol–water partition coefficient (Wildman–Crippen LogP) is 1.64. The van der Waals surface area contributed by atoms with Crippen LogP contribution in [0.2, 0.25) is 0 Å². The number of nitrogens with one attached hydrogen (secondary N) is 1. The maximum absolute atomic E-state index is 3.89. The van der Waals surface area contributed by atoms with Crippen molar-refractivity contribution in [1.29, 1.82) is 0 Å². The Bertz CT molecular complexity index is 177. The van der Waals surface area contributed by atoms with Crippen molar-refractivity contribution < 1.29 is 0 Å². The highest BCUT2D eigenvalue weighted by molar-refractivity contribution is 4.87. The summed E-state index contributed by atoms with van der Waals surface area (Å²) in [4.78, 5) is 2.70. The summed E-state index contributed by atoms with van der Waals surface area (Å²) >= 11 is 0. The van der Waals surface area contributed by atoms with Crippen LogP contribution in [0.4, 0.5) is 0 Å². The molecule has 0 amide bonds. The first-order valence-electron chi connectivity index (χ1n) is 5.97. The molecule has 2 aliphatic heterocycles. The van der Waals surface area contributed by atoms with Gasteiger partial charge in [0, 0.05) is 6.04 Å². The third-order valence-electron chi connectivity index (χ3n) is 3.73. The highest BCUT2D eigenvalue weighted by Crippen LogP contribution is 2.22. The highest BCUT2D eigenvalue weighted by Gasteiger charge is 2.24. The molecule has 2 heterocycles. The summed E-state index contributed by atoms with van der Waals surface area (Å²) in [5, 5.41) is 3.43. The van der Waals surface area contributed by atoms with Gasteiger partial charge in [-0.15, -0.1) is 6.58 Å². The van der Waals surface area contributed by atoms with Gasteiger partial charge in [0.1, 0.15) is 0 Å². The average molecular weight is 194 g/mol. The van der Waals surface area contributed by atoms with E-state index in [9.17, 15) is 0 Å². The molecule has 2 nitrogen and oxygen atoms in total. The first-order valence-corrected chi connectivity index (χ1v) is 5.97. The molecule has 0 radical (unpaired) electrons. The summed E-state index contributed by atoms with van der Waals surface area (Å²) in [6, 6.07) is 0.863. The molecule has 0 saturated carbocycles. The fourth-order valence-corrected chi connectivity index (χ4v) is 2.69. The van der Waals surface area contributed by atoms with Crippen molar-refractivity contribution >= 4 is 0 Å². The quantitative estimate of drug-likeness (QED) is 0.672. The molecule has 0 aromatic rings. The van der Waals surface area contributed by atoms with Crippen LogP contribution in [-0.2, 0) is 0 Å². The van der Waals surface area contributed by atoms with Gasteiger partial charge in [-0.25, -0.2) is 0 Å². The molecule has 2 fully saturated rings. The standard InChI is InChI=1S/C12H22N2/c1-2-11-5-9-14(10-6-11)12-3-7-13-8-4-12/h2,11-13H,1,3-10H2. The lowest BCUT2D eigenvalue weighted by Crippen LogP contribution is -2.46. The van der Waals surface area contributed by atoms with Gasteiger partial charge in [0.15, 0.2) is 0 Å². The summed E-state index contributed by atoms with van der Waals surface area (Å²) in [6.07, 6.45) is 7.48. The first-order chi connectivity index (χ1) is 6.90. The zero-order chi connectivity index (χ0) is 9.80. The monoisotopic (exact) mass is 194 g/mol. The SMILES string of the molecule is C=CC1CCN(C2CCNCC2)CC1. The van der Waals surface area contributed by atoms with Crippen molar-refractivity contribution in [2.75, 3.05) is 26.2 Å². The minimum Gasteiger partial charge on any atom is -0.317 e. The van der Waals surface area contributed by atoms with Crippen molar-refractivity contribution in [1.82, 2.24) is 10.2 Å². The second kappa shape index (κ2) is 4.94. The second-order valence-electron chi connectivity index (χ2n) is 4.59. The fraction of sp³-hybridized carbons (Fsp3) is 0.833. The third kappa shape index (κ3) is 2.37. The van der Waals surface area contributed by atoms with Crippen molar-refractivity contribution in [3.05, 3.63) is 12.7 Å². The maximum atomic E-state index is 3.89. The van der Waals surface area contributed by atoms with Crippen LogP contribution >= 0.6 is 0 Å². The summed E-state index contributed by atoms with van der Waals surface area (Å²) in [5.41, 5.74) is 0. The molecular formula is C12H22N2. The lowest BCUT2D eigenvalue weighted by molar-refractivity contribution is 0.121. The molecule has 0 bridgehead atoms. The van der Waals surface area contributed by atoms with Crippen LogP contribution in [-0.4, -0.2) is 37.1 Å². The van der Waals surface area contributed by atoms with Gasteiger partial charge in [-0.1, -0.05) is 6.08 Å². The van der Waals surface area contributed by atoms with E-state index in [-0.39, 0.29) is 0 Å². The molecule has 0 spiro atoms. The normalized spacial score (nSPS) is 27.7. The average Bonchev–Trinajstić information content (AvgIpc) is 2.30. The van der Waals surface area contributed by atoms with Gasteiger partial charge in [-0.2, -0.15) is 0 Å². The van der Waals surface area contributed by atoms with Crippen LogP contribution < -0.4 is 5.32 Å². The van der Waals surface area contributed by atoms with Crippen LogP contribution in [0.25, 0.3) is 0 Å². The predicted molar refractivity (Wildman–Crippen MR) is 60.4 cm³/mol. The van der Waals surface area contributed by atoms with Crippen LogP contribution in [0.3, 0.4) is 0 Å². The molecule has 0 atom stereocenters. The van der Waals surface area contributed by atoms with E-state index >= 15 is 0 Å².